The summed E-state index contributed by atoms with van der Waals surface area (Å²) in [6.07, 6.45) is 1.09. The number of rotatable bonds is 5. The highest BCUT2D eigenvalue weighted by Crippen LogP contribution is 2.21. The predicted molar refractivity (Wildman–Crippen MR) is 101 cm³/mol. The Morgan fingerprint density at radius 1 is 1.00 bits per heavy atom. The van der Waals surface area contributed by atoms with Crippen LogP contribution in [-0.4, -0.2) is 20.6 Å². The van der Waals surface area contributed by atoms with Gasteiger partial charge in [0.2, 0.25) is 10.0 Å². The monoisotopic (exact) mass is 360 g/mol. The molecule has 0 spiro atoms. The van der Waals surface area contributed by atoms with Gasteiger partial charge in [-0.1, -0.05) is 29.8 Å². The van der Waals surface area contributed by atoms with Gasteiger partial charge in [-0.25, -0.2) is 8.42 Å². The van der Waals surface area contributed by atoms with Crippen LogP contribution in [0.25, 0.3) is 0 Å². The van der Waals surface area contributed by atoms with Crippen molar-refractivity contribution < 1.29 is 13.2 Å². The van der Waals surface area contributed by atoms with Crippen LogP contribution >= 0.6 is 0 Å². The molecule has 0 aromatic heterocycles. The van der Waals surface area contributed by atoms with Gasteiger partial charge in [0.15, 0.2) is 0 Å². The van der Waals surface area contributed by atoms with Gasteiger partial charge in [-0.2, -0.15) is 0 Å². The first kappa shape index (κ1) is 19.0. The summed E-state index contributed by atoms with van der Waals surface area (Å²) in [5.74, 6) is -0.245. The topological polar surface area (TPSA) is 75.3 Å². The molecule has 0 radical (unpaired) electrons. The SMILES string of the molecule is Cc1ccc(C)c(C(C)NC(=O)c2ccc(C)c(NS(C)(=O)=O)c2)c1. The summed E-state index contributed by atoms with van der Waals surface area (Å²) in [6, 6.07) is 11.0. The fourth-order valence-electron chi connectivity index (χ4n) is 2.66. The van der Waals surface area contributed by atoms with Gasteiger partial charge in [-0.3, -0.25) is 9.52 Å². The fourth-order valence-corrected chi connectivity index (χ4v) is 3.28. The number of carbonyl (C=O) groups excluding carboxylic acids is 1. The smallest absolute Gasteiger partial charge is 0.251 e. The van der Waals surface area contributed by atoms with Crippen LogP contribution in [0.3, 0.4) is 0 Å². The standard InChI is InChI=1S/C19H24N2O3S/c1-12-6-7-13(2)17(10-12)15(4)20-19(22)16-9-8-14(3)18(11-16)21-25(5,23)24/h6-11,15,21H,1-5H3,(H,20,22). The Kier molecular flexibility index (Phi) is 5.52. The van der Waals surface area contributed by atoms with E-state index >= 15 is 0 Å². The average Bonchev–Trinajstić information content (AvgIpc) is 2.50. The first-order valence-electron chi connectivity index (χ1n) is 8.03. The van der Waals surface area contributed by atoms with Gasteiger partial charge in [0.25, 0.3) is 5.91 Å². The minimum absolute atomic E-state index is 0.153. The van der Waals surface area contributed by atoms with E-state index in [9.17, 15) is 13.2 Å². The van der Waals surface area contributed by atoms with E-state index in [0.29, 0.717) is 11.3 Å². The van der Waals surface area contributed by atoms with Crippen molar-refractivity contribution in [2.45, 2.75) is 33.7 Å². The van der Waals surface area contributed by atoms with Gasteiger partial charge in [0.1, 0.15) is 0 Å². The first-order valence-corrected chi connectivity index (χ1v) is 9.92. The van der Waals surface area contributed by atoms with E-state index in [1.54, 1.807) is 25.1 Å². The van der Waals surface area contributed by atoms with Crippen molar-refractivity contribution in [3.63, 3.8) is 0 Å². The molecule has 1 unspecified atom stereocenters. The van der Waals surface area contributed by atoms with E-state index in [4.69, 9.17) is 0 Å². The Morgan fingerprint density at radius 3 is 2.28 bits per heavy atom. The molecule has 0 saturated carbocycles. The lowest BCUT2D eigenvalue weighted by atomic mass is 9.99. The average molecular weight is 360 g/mol. The zero-order valence-electron chi connectivity index (χ0n) is 15.2. The van der Waals surface area contributed by atoms with Crippen molar-refractivity contribution in [3.8, 4) is 0 Å². The third-order valence-electron chi connectivity index (χ3n) is 4.04. The second-order valence-corrected chi connectivity index (χ2v) is 8.21. The van der Waals surface area contributed by atoms with Crippen molar-refractivity contribution in [1.29, 1.82) is 0 Å². The lowest BCUT2D eigenvalue weighted by Gasteiger charge is -2.18. The molecule has 0 heterocycles. The molecule has 1 amide bonds. The van der Waals surface area contributed by atoms with Crippen molar-refractivity contribution >= 4 is 21.6 Å². The number of carbonyl (C=O) groups is 1. The zero-order chi connectivity index (χ0) is 18.8. The van der Waals surface area contributed by atoms with Gasteiger partial charge in [-0.05, 0) is 56.5 Å². The molecule has 5 nitrogen and oxygen atoms in total. The van der Waals surface area contributed by atoms with Gasteiger partial charge < -0.3 is 5.32 Å². The molecule has 134 valence electrons. The largest absolute Gasteiger partial charge is 0.346 e. The lowest BCUT2D eigenvalue weighted by Crippen LogP contribution is -2.27. The van der Waals surface area contributed by atoms with E-state index in [-0.39, 0.29) is 11.9 Å². The Hall–Kier alpha value is -2.34. The highest BCUT2D eigenvalue weighted by Gasteiger charge is 2.15. The number of amides is 1. The highest BCUT2D eigenvalue weighted by atomic mass is 32.2. The third kappa shape index (κ3) is 5.06. The minimum atomic E-state index is -3.40. The van der Waals surface area contributed by atoms with Crippen LogP contribution in [0.2, 0.25) is 0 Å². The summed E-state index contributed by atoms with van der Waals surface area (Å²) in [5.41, 5.74) is 4.89. The number of aryl methyl sites for hydroxylation is 3. The van der Waals surface area contributed by atoms with Gasteiger partial charge >= 0.3 is 0 Å². The van der Waals surface area contributed by atoms with E-state index < -0.39 is 10.0 Å². The van der Waals surface area contributed by atoms with Crippen molar-refractivity contribution in [1.82, 2.24) is 5.32 Å². The normalized spacial score (nSPS) is 12.5. The molecule has 25 heavy (non-hydrogen) atoms. The molecular weight excluding hydrogens is 336 g/mol. The molecule has 0 aliphatic heterocycles. The van der Waals surface area contributed by atoms with Crippen molar-refractivity contribution in [2.75, 3.05) is 11.0 Å². The molecule has 2 rings (SSSR count). The van der Waals surface area contributed by atoms with Gasteiger partial charge in [-0.15, -0.1) is 0 Å². The Bertz CT molecular complexity index is 905. The second-order valence-electron chi connectivity index (χ2n) is 6.46. The Labute approximate surface area is 149 Å². The summed E-state index contributed by atoms with van der Waals surface area (Å²) in [4.78, 5) is 12.6. The molecule has 0 aliphatic rings. The molecule has 2 N–H and O–H groups in total. The van der Waals surface area contributed by atoms with E-state index in [1.165, 1.54) is 0 Å². The highest BCUT2D eigenvalue weighted by molar-refractivity contribution is 7.92. The molecule has 2 aromatic rings. The molecule has 0 bridgehead atoms. The Morgan fingerprint density at radius 2 is 1.64 bits per heavy atom. The van der Waals surface area contributed by atoms with Crippen LogP contribution in [0.5, 0.6) is 0 Å². The van der Waals surface area contributed by atoms with Gasteiger partial charge in [0, 0.05) is 5.56 Å². The lowest BCUT2D eigenvalue weighted by molar-refractivity contribution is 0.0940. The number of hydrogen-bond donors (Lipinski definition) is 2. The molecule has 0 saturated heterocycles. The van der Waals surface area contributed by atoms with E-state index in [1.807, 2.05) is 32.9 Å². The van der Waals surface area contributed by atoms with E-state index in [0.717, 1.165) is 28.5 Å². The summed E-state index contributed by atoms with van der Waals surface area (Å²) in [7, 11) is -3.40. The predicted octanol–water partition coefficient (Wildman–Crippen LogP) is 3.47. The van der Waals surface area contributed by atoms with Crippen LogP contribution < -0.4 is 10.0 Å². The number of hydrogen-bond acceptors (Lipinski definition) is 3. The molecule has 6 heteroatoms. The second kappa shape index (κ2) is 7.27. The maximum absolute atomic E-state index is 12.6. The van der Waals surface area contributed by atoms with Crippen LogP contribution in [-0.2, 0) is 10.0 Å². The molecule has 0 aliphatic carbocycles. The van der Waals surface area contributed by atoms with Crippen molar-refractivity contribution in [2.24, 2.45) is 0 Å². The quantitative estimate of drug-likeness (QED) is 0.857. The maximum Gasteiger partial charge on any atom is 0.251 e. The van der Waals surface area contributed by atoms with Crippen LogP contribution in [0.1, 0.15) is 45.6 Å². The minimum Gasteiger partial charge on any atom is -0.346 e. The maximum atomic E-state index is 12.6. The number of nitrogens with one attached hydrogen (secondary N) is 2. The summed E-state index contributed by atoms with van der Waals surface area (Å²) < 4.78 is 25.3. The third-order valence-corrected chi connectivity index (χ3v) is 4.63. The molecule has 1 atom stereocenters. The van der Waals surface area contributed by atoms with E-state index in [2.05, 4.69) is 16.1 Å². The van der Waals surface area contributed by atoms with Crippen LogP contribution in [0.4, 0.5) is 5.69 Å². The summed E-state index contributed by atoms with van der Waals surface area (Å²) in [6.45, 7) is 7.75. The molecule has 2 aromatic carbocycles. The molecular formula is C19H24N2O3S. The van der Waals surface area contributed by atoms with Gasteiger partial charge in [0.05, 0.1) is 18.0 Å². The summed E-state index contributed by atoms with van der Waals surface area (Å²) in [5, 5.41) is 2.97. The summed E-state index contributed by atoms with van der Waals surface area (Å²) >= 11 is 0. The first-order chi connectivity index (χ1) is 11.6. The number of benzene rings is 2. The van der Waals surface area contributed by atoms with Crippen molar-refractivity contribution in [3.05, 3.63) is 64.2 Å². The number of anilines is 1. The number of sulfonamides is 1. The van der Waals surface area contributed by atoms with Crippen LogP contribution in [0.15, 0.2) is 36.4 Å². The molecule has 0 fully saturated rings. The van der Waals surface area contributed by atoms with Crippen LogP contribution in [0, 0.1) is 20.8 Å². The fraction of sp³-hybridized carbons (Fsp3) is 0.316. The zero-order valence-corrected chi connectivity index (χ0v) is 16.0. The Balaban J connectivity index is 2.23.